The van der Waals surface area contributed by atoms with E-state index in [0.717, 1.165) is 25.7 Å². The van der Waals surface area contributed by atoms with Crippen LogP contribution in [0.15, 0.2) is 18.5 Å². The van der Waals surface area contributed by atoms with Crippen LogP contribution >= 0.6 is 0 Å². The lowest BCUT2D eigenvalue weighted by molar-refractivity contribution is 0.158. The van der Waals surface area contributed by atoms with Crippen molar-refractivity contribution < 1.29 is 0 Å². The van der Waals surface area contributed by atoms with Crippen molar-refractivity contribution in [1.82, 2.24) is 20.0 Å². The number of aromatic nitrogens is 2. The van der Waals surface area contributed by atoms with E-state index >= 15 is 0 Å². The van der Waals surface area contributed by atoms with Gasteiger partial charge in [0.15, 0.2) is 0 Å². The fourth-order valence-corrected chi connectivity index (χ4v) is 2.57. The second-order valence-corrected chi connectivity index (χ2v) is 4.81. The second kappa shape index (κ2) is 6.77. The second-order valence-electron chi connectivity index (χ2n) is 4.81. The molecule has 2 rings (SSSR count). The fraction of sp³-hybridized carbons (Fsp3) is 0.769. The van der Waals surface area contributed by atoms with Crippen molar-refractivity contribution in [3.8, 4) is 0 Å². The molecule has 96 valence electrons. The van der Waals surface area contributed by atoms with Gasteiger partial charge in [-0.05, 0) is 38.4 Å². The molecule has 1 aliphatic rings. The number of piperidine rings is 1. The van der Waals surface area contributed by atoms with Gasteiger partial charge in [0.1, 0.15) is 0 Å². The third-order valence-corrected chi connectivity index (χ3v) is 3.47. The molecule has 4 heteroatoms. The van der Waals surface area contributed by atoms with Crippen LogP contribution < -0.4 is 5.32 Å². The number of rotatable bonds is 6. The third kappa shape index (κ3) is 3.82. The van der Waals surface area contributed by atoms with Crippen LogP contribution in [0.25, 0.3) is 0 Å². The molecule has 4 nitrogen and oxygen atoms in total. The minimum absolute atomic E-state index is 0.722. The molecule has 1 unspecified atom stereocenters. The van der Waals surface area contributed by atoms with E-state index in [1.165, 1.54) is 32.4 Å². The van der Waals surface area contributed by atoms with Crippen LogP contribution in [-0.4, -0.2) is 46.9 Å². The van der Waals surface area contributed by atoms with E-state index in [0.29, 0.717) is 0 Å². The van der Waals surface area contributed by atoms with Crippen LogP contribution in [0.2, 0.25) is 0 Å². The Morgan fingerprint density at radius 1 is 1.47 bits per heavy atom. The molecule has 0 saturated carbocycles. The minimum atomic E-state index is 0.722. The molecule has 1 aliphatic heterocycles. The van der Waals surface area contributed by atoms with Gasteiger partial charge in [-0.2, -0.15) is 5.10 Å². The highest BCUT2D eigenvalue weighted by atomic mass is 15.3. The highest BCUT2D eigenvalue weighted by Crippen LogP contribution is 2.11. The standard InChI is InChI=1S/C13H24N4/c1-2-8-16(13-5-3-6-14-12-13)10-11-17-9-4-7-15-17/h4,7,9,13-14H,2-3,5-6,8,10-12H2,1H3. The largest absolute Gasteiger partial charge is 0.315 e. The molecule has 1 aromatic heterocycles. The number of hydrogen-bond acceptors (Lipinski definition) is 3. The summed E-state index contributed by atoms with van der Waals surface area (Å²) in [5.41, 5.74) is 0. The molecular weight excluding hydrogens is 212 g/mol. The number of hydrogen-bond donors (Lipinski definition) is 1. The van der Waals surface area contributed by atoms with Gasteiger partial charge in [0.05, 0.1) is 6.54 Å². The number of nitrogens with zero attached hydrogens (tertiary/aromatic N) is 3. The summed E-state index contributed by atoms with van der Waals surface area (Å²) < 4.78 is 2.03. The van der Waals surface area contributed by atoms with Gasteiger partial charge in [0.2, 0.25) is 0 Å². The van der Waals surface area contributed by atoms with E-state index in [-0.39, 0.29) is 0 Å². The lowest BCUT2D eigenvalue weighted by Crippen LogP contribution is -2.47. The van der Waals surface area contributed by atoms with Gasteiger partial charge >= 0.3 is 0 Å². The maximum Gasteiger partial charge on any atom is 0.0536 e. The quantitative estimate of drug-likeness (QED) is 0.809. The molecule has 0 bridgehead atoms. The van der Waals surface area contributed by atoms with Crippen molar-refractivity contribution in [2.45, 2.75) is 38.8 Å². The molecule has 1 N–H and O–H groups in total. The summed E-state index contributed by atoms with van der Waals surface area (Å²) in [6, 6.07) is 2.71. The van der Waals surface area contributed by atoms with Crippen LogP contribution in [0.5, 0.6) is 0 Å². The van der Waals surface area contributed by atoms with Crippen molar-refractivity contribution >= 4 is 0 Å². The smallest absolute Gasteiger partial charge is 0.0536 e. The molecule has 0 amide bonds. The molecule has 1 atom stereocenters. The lowest BCUT2D eigenvalue weighted by atomic mass is 10.1. The molecular formula is C13H24N4. The van der Waals surface area contributed by atoms with Gasteiger partial charge in [-0.15, -0.1) is 0 Å². The van der Waals surface area contributed by atoms with Crippen LogP contribution in [0.3, 0.4) is 0 Å². The van der Waals surface area contributed by atoms with Gasteiger partial charge in [-0.25, -0.2) is 0 Å². The summed E-state index contributed by atoms with van der Waals surface area (Å²) >= 11 is 0. The zero-order valence-corrected chi connectivity index (χ0v) is 10.8. The van der Waals surface area contributed by atoms with E-state index in [1.807, 2.05) is 23.1 Å². The first kappa shape index (κ1) is 12.6. The molecule has 17 heavy (non-hydrogen) atoms. The van der Waals surface area contributed by atoms with Crippen molar-refractivity contribution in [2.75, 3.05) is 26.2 Å². The molecule has 0 aromatic carbocycles. The molecule has 0 aliphatic carbocycles. The summed E-state index contributed by atoms with van der Waals surface area (Å²) in [6.07, 6.45) is 7.78. The fourth-order valence-electron chi connectivity index (χ4n) is 2.57. The van der Waals surface area contributed by atoms with Gasteiger partial charge < -0.3 is 5.32 Å². The monoisotopic (exact) mass is 236 g/mol. The topological polar surface area (TPSA) is 33.1 Å². The Bertz CT molecular complexity index is 290. The predicted molar refractivity (Wildman–Crippen MR) is 70.0 cm³/mol. The van der Waals surface area contributed by atoms with E-state index < -0.39 is 0 Å². The summed E-state index contributed by atoms with van der Waals surface area (Å²) in [5, 5.41) is 7.77. The zero-order chi connectivity index (χ0) is 11.9. The summed E-state index contributed by atoms with van der Waals surface area (Å²) in [4.78, 5) is 2.62. The van der Waals surface area contributed by atoms with Crippen LogP contribution in [-0.2, 0) is 6.54 Å². The van der Waals surface area contributed by atoms with Crippen LogP contribution in [0.4, 0.5) is 0 Å². The SMILES string of the molecule is CCCN(CCn1cccn1)C1CCCNC1. The maximum atomic E-state index is 4.27. The molecule has 0 radical (unpaired) electrons. The third-order valence-electron chi connectivity index (χ3n) is 3.47. The van der Waals surface area contributed by atoms with Gasteiger partial charge in [0, 0.05) is 31.5 Å². The Balaban J connectivity index is 1.82. The molecule has 1 saturated heterocycles. The Kier molecular flexibility index (Phi) is 5.01. The highest BCUT2D eigenvalue weighted by molar-refractivity contribution is 4.80. The molecule has 1 fully saturated rings. The van der Waals surface area contributed by atoms with Crippen molar-refractivity contribution in [1.29, 1.82) is 0 Å². The van der Waals surface area contributed by atoms with Gasteiger partial charge in [0.25, 0.3) is 0 Å². The molecule has 0 spiro atoms. The first-order valence-corrected chi connectivity index (χ1v) is 6.82. The van der Waals surface area contributed by atoms with E-state index in [4.69, 9.17) is 0 Å². The Labute approximate surface area is 104 Å². The average Bonchev–Trinajstić information content (AvgIpc) is 2.88. The van der Waals surface area contributed by atoms with E-state index in [2.05, 4.69) is 22.2 Å². The summed E-state index contributed by atoms with van der Waals surface area (Å²) in [6.45, 7) is 7.92. The van der Waals surface area contributed by atoms with Crippen molar-refractivity contribution in [3.05, 3.63) is 18.5 Å². The van der Waals surface area contributed by atoms with Gasteiger partial charge in [-0.3, -0.25) is 9.58 Å². The molecule has 1 aromatic rings. The predicted octanol–water partition coefficient (Wildman–Crippen LogP) is 1.35. The first-order valence-electron chi connectivity index (χ1n) is 6.82. The summed E-state index contributed by atoms with van der Waals surface area (Å²) in [7, 11) is 0. The Hall–Kier alpha value is -0.870. The number of nitrogens with one attached hydrogen (secondary N) is 1. The lowest BCUT2D eigenvalue weighted by Gasteiger charge is -2.34. The average molecular weight is 236 g/mol. The Morgan fingerprint density at radius 2 is 2.41 bits per heavy atom. The van der Waals surface area contributed by atoms with Crippen LogP contribution in [0, 0.1) is 0 Å². The van der Waals surface area contributed by atoms with Crippen LogP contribution in [0.1, 0.15) is 26.2 Å². The van der Waals surface area contributed by atoms with Crippen molar-refractivity contribution in [3.63, 3.8) is 0 Å². The highest BCUT2D eigenvalue weighted by Gasteiger charge is 2.19. The first-order chi connectivity index (χ1) is 8.40. The van der Waals surface area contributed by atoms with E-state index in [9.17, 15) is 0 Å². The molecule has 2 heterocycles. The van der Waals surface area contributed by atoms with Gasteiger partial charge in [-0.1, -0.05) is 6.92 Å². The normalized spacial score (nSPS) is 20.9. The van der Waals surface area contributed by atoms with Crippen molar-refractivity contribution in [2.24, 2.45) is 0 Å². The summed E-state index contributed by atoms with van der Waals surface area (Å²) in [5.74, 6) is 0. The zero-order valence-electron chi connectivity index (χ0n) is 10.8. The van der Waals surface area contributed by atoms with E-state index in [1.54, 1.807) is 0 Å². The Morgan fingerprint density at radius 3 is 3.06 bits per heavy atom. The minimum Gasteiger partial charge on any atom is -0.315 e. The maximum absolute atomic E-state index is 4.27.